The summed E-state index contributed by atoms with van der Waals surface area (Å²) in [5.74, 6) is 0.400. The van der Waals surface area contributed by atoms with E-state index in [-0.39, 0.29) is 6.03 Å². The van der Waals surface area contributed by atoms with E-state index in [0.717, 1.165) is 6.42 Å². The first-order chi connectivity index (χ1) is 7.33. The average molecular weight is 213 g/mol. The molecule has 0 saturated heterocycles. The molecule has 1 heterocycles. The monoisotopic (exact) mass is 213 g/mol. The molecule has 6 nitrogen and oxygen atoms in total. The fourth-order valence-corrected chi connectivity index (χ4v) is 0.958. The highest BCUT2D eigenvalue weighted by Crippen LogP contribution is 1.99. The zero-order valence-corrected chi connectivity index (χ0v) is 8.66. The number of anilines is 1. The van der Waals surface area contributed by atoms with Crippen molar-refractivity contribution in [2.24, 2.45) is 0 Å². The van der Waals surface area contributed by atoms with Gasteiger partial charge >= 0.3 is 6.03 Å². The zero-order chi connectivity index (χ0) is 10.9. The van der Waals surface area contributed by atoms with Crippen molar-refractivity contribution in [3.05, 3.63) is 12.3 Å². The van der Waals surface area contributed by atoms with Crippen LogP contribution in [0.4, 0.5) is 10.6 Å². The first-order valence-corrected chi connectivity index (χ1v) is 4.86. The van der Waals surface area contributed by atoms with Crippen LogP contribution >= 0.6 is 0 Å². The third kappa shape index (κ3) is 5.02. The number of urea groups is 1. The molecule has 0 aliphatic heterocycles. The van der Waals surface area contributed by atoms with Crippen LogP contribution in [0.2, 0.25) is 0 Å². The van der Waals surface area contributed by atoms with Gasteiger partial charge in [0.1, 0.15) is 6.26 Å². The van der Waals surface area contributed by atoms with Gasteiger partial charge in [-0.1, -0.05) is 5.16 Å². The lowest BCUT2D eigenvalue weighted by molar-refractivity contribution is 0.145. The predicted molar refractivity (Wildman–Crippen MR) is 54.6 cm³/mol. The maximum atomic E-state index is 11.2. The molecule has 0 spiro atoms. The summed E-state index contributed by atoms with van der Waals surface area (Å²) in [7, 11) is 0. The standard InChI is InChI=1S/C9H15N3O3/c1-2-14-6-3-5-10-9(13)11-8-4-7-15-12-8/h4,7H,2-3,5-6H2,1H3,(H2,10,11,12,13). The van der Waals surface area contributed by atoms with Crippen molar-refractivity contribution in [2.75, 3.05) is 25.1 Å². The van der Waals surface area contributed by atoms with E-state index in [1.165, 1.54) is 6.26 Å². The number of rotatable bonds is 6. The molecular formula is C9H15N3O3. The Labute approximate surface area is 88.0 Å². The van der Waals surface area contributed by atoms with Crippen molar-refractivity contribution in [1.82, 2.24) is 10.5 Å². The van der Waals surface area contributed by atoms with Crippen LogP contribution in [0.1, 0.15) is 13.3 Å². The van der Waals surface area contributed by atoms with Crippen molar-refractivity contribution in [3.8, 4) is 0 Å². The number of amides is 2. The normalized spacial score (nSPS) is 9.93. The van der Waals surface area contributed by atoms with E-state index in [9.17, 15) is 4.79 Å². The van der Waals surface area contributed by atoms with Crippen LogP contribution in [0.5, 0.6) is 0 Å². The summed E-state index contributed by atoms with van der Waals surface area (Å²) in [5.41, 5.74) is 0. The Morgan fingerprint density at radius 2 is 2.53 bits per heavy atom. The first-order valence-electron chi connectivity index (χ1n) is 4.86. The third-order valence-electron chi connectivity index (χ3n) is 1.63. The molecular weight excluding hydrogens is 198 g/mol. The summed E-state index contributed by atoms with van der Waals surface area (Å²) >= 11 is 0. The Morgan fingerprint density at radius 3 is 3.20 bits per heavy atom. The third-order valence-corrected chi connectivity index (χ3v) is 1.63. The fourth-order valence-electron chi connectivity index (χ4n) is 0.958. The Morgan fingerprint density at radius 1 is 1.67 bits per heavy atom. The molecule has 0 unspecified atom stereocenters. The Kier molecular flexibility index (Phi) is 5.24. The second-order valence-corrected chi connectivity index (χ2v) is 2.82. The van der Waals surface area contributed by atoms with Gasteiger partial charge < -0.3 is 14.6 Å². The highest BCUT2D eigenvalue weighted by molar-refractivity contribution is 5.87. The van der Waals surface area contributed by atoms with E-state index >= 15 is 0 Å². The van der Waals surface area contributed by atoms with Crippen LogP contribution in [0, 0.1) is 0 Å². The molecule has 0 aliphatic rings. The molecule has 1 rings (SSSR count). The van der Waals surface area contributed by atoms with E-state index < -0.39 is 0 Å². The number of aromatic nitrogens is 1. The average Bonchev–Trinajstić information content (AvgIpc) is 2.70. The summed E-state index contributed by atoms with van der Waals surface area (Å²) in [5, 5.41) is 8.73. The number of carbonyl (C=O) groups is 1. The largest absolute Gasteiger partial charge is 0.382 e. The van der Waals surface area contributed by atoms with Crippen molar-refractivity contribution in [1.29, 1.82) is 0 Å². The van der Waals surface area contributed by atoms with E-state index in [0.29, 0.717) is 25.6 Å². The predicted octanol–water partition coefficient (Wildman–Crippen LogP) is 1.22. The Hall–Kier alpha value is -1.56. The highest BCUT2D eigenvalue weighted by atomic mass is 16.5. The lowest BCUT2D eigenvalue weighted by Crippen LogP contribution is -2.30. The van der Waals surface area contributed by atoms with Crippen LogP contribution in [-0.4, -0.2) is 30.9 Å². The quantitative estimate of drug-likeness (QED) is 0.696. The van der Waals surface area contributed by atoms with Crippen LogP contribution in [-0.2, 0) is 4.74 Å². The minimum absolute atomic E-state index is 0.291. The van der Waals surface area contributed by atoms with Crippen LogP contribution < -0.4 is 10.6 Å². The van der Waals surface area contributed by atoms with E-state index in [4.69, 9.17) is 4.74 Å². The van der Waals surface area contributed by atoms with Gasteiger partial charge in [0.15, 0.2) is 5.82 Å². The van der Waals surface area contributed by atoms with Gasteiger partial charge in [-0.05, 0) is 13.3 Å². The van der Waals surface area contributed by atoms with E-state index in [1.54, 1.807) is 6.07 Å². The molecule has 0 aliphatic carbocycles. The van der Waals surface area contributed by atoms with Gasteiger partial charge in [0.25, 0.3) is 0 Å². The SMILES string of the molecule is CCOCCCNC(=O)Nc1ccon1. The summed E-state index contributed by atoms with van der Waals surface area (Å²) in [4.78, 5) is 11.2. The van der Waals surface area contributed by atoms with Crippen LogP contribution in [0.15, 0.2) is 16.9 Å². The molecule has 84 valence electrons. The van der Waals surface area contributed by atoms with Gasteiger partial charge in [-0.25, -0.2) is 4.79 Å². The van der Waals surface area contributed by atoms with Crippen molar-refractivity contribution in [2.45, 2.75) is 13.3 Å². The van der Waals surface area contributed by atoms with Gasteiger partial charge in [0.2, 0.25) is 0 Å². The summed E-state index contributed by atoms with van der Waals surface area (Å²) < 4.78 is 9.68. The van der Waals surface area contributed by atoms with Crippen molar-refractivity contribution >= 4 is 11.8 Å². The molecule has 0 atom stereocenters. The van der Waals surface area contributed by atoms with E-state index in [1.807, 2.05) is 6.92 Å². The summed E-state index contributed by atoms with van der Waals surface area (Å²) in [6, 6.07) is 1.28. The van der Waals surface area contributed by atoms with E-state index in [2.05, 4.69) is 20.3 Å². The summed E-state index contributed by atoms with van der Waals surface area (Å²) in [6.07, 6.45) is 2.19. The number of hydrogen-bond donors (Lipinski definition) is 2. The smallest absolute Gasteiger partial charge is 0.320 e. The molecule has 6 heteroatoms. The number of hydrogen-bond acceptors (Lipinski definition) is 4. The number of nitrogens with one attached hydrogen (secondary N) is 2. The molecule has 0 saturated carbocycles. The maximum Gasteiger partial charge on any atom is 0.320 e. The number of nitrogens with zero attached hydrogens (tertiary/aromatic N) is 1. The van der Waals surface area contributed by atoms with Crippen molar-refractivity contribution < 1.29 is 14.1 Å². The van der Waals surface area contributed by atoms with Gasteiger partial charge in [-0.2, -0.15) is 0 Å². The summed E-state index contributed by atoms with van der Waals surface area (Å²) in [6.45, 7) is 3.86. The second-order valence-electron chi connectivity index (χ2n) is 2.82. The van der Waals surface area contributed by atoms with Gasteiger partial charge in [-0.15, -0.1) is 0 Å². The maximum absolute atomic E-state index is 11.2. The van der Waals surface area contributed by atoms with Crippen LogP contribution in [0.25, 0.3) is 0 Å². The van der Waals surface area contributed by atoms with Crippen molar-refractivity contribution in [3.63, 3.8) is 0 Å². The zero-order valence-electron chi connectivity index (χ0n) is 8.66. The molecule has 0 fully saturated rings. The molecule has 0 bridgehead atoms. The minimum atomic E-state index is -0.291. The minimum Gasteiger partial charge on any atom is -0.382 e. The van der Waals surface area contributed by atoms with Gasteiger partial charge in [-0.3, -0.25) is 5.32 Å². The van der Waals surface area contributed by atoms with Gasteiger partial charge in [0, 0.05) is 25.8 Å². The first kappa shape index (κ1) is 11.5. The number of carbonyl (C=O) groups excluding carboxylic acids is 1. The molecule has 0 aromatic carbocycles. The Balaban J connectivity index is 2.04. The second kappa shape index (κ2) is 6.83. The molecule has 15 heavy (non-hydrogen) atoms. The fraction of sp³-hybridized carbons (Fsp3) is 0.556. The highest BCUT2D eigenvalue weighted by Gasteiger charge is 2.02. The molecule has 2 N–H and O–H groups in total. The molecule has 0 radical (unpaired) electrons. The number of ether oxygens (including phenoxy) is 1. The lowest BCUT2D eigenvalue weighted by Gasteiger charge is -2.04. The molecule has 1 aromatic rings. The Bertz CT molecular complexity index is 274. The topological polar surface area (TPSA) is 76.4 Å². The molecule has 1 aromatic heterocycles. The molecule has 2 amide bonds. The van der Waals surface area contributed by atoms with Crippen LogP contribution in [0.3, 0.4) is 0 Å². The lowest BCUT2D eigenvalue weighted by atomic mass is 10.4. The van der Waals surface area contributed by atoms with Gasteiger partial charge in [0.05, 0.1) is 0 Å².